The van der Waals surface area contributed by atoms with E-state index in [1.807, 2.05) is 0 Å². The molecule has 10 heteroatoms. The molecule has 0 bridgehead atoms. The van der Waals surface area contributed by atoms with Crippen molar-refractivity contribution in [3.05, 3.63) is 11.6 Å². The molecule has 0 radical (unpaired) electrons. The number of carbonyl (C=O) groups is 1. The van der Waals surface area contributed by atoms with Crippen molar-refractivity contribution in [3.63, 3.8) is 0 Å². The van der Waals surface area contributed by atoms with E-state index in [1.54, 1.807) is 0 Å². The fourth-order valence-corrected chi connectivity index (χ4v) is 1.09. The van der Waals surface area contributed by atoms with Crippen LogP contribution in [0.4, 0.5) is 17.6 Å². The van der Waals surface area contributed by atoms with Crippen molar-refractivity contribution in [3.8, 4) is 0 Å². The molecule has 0 amide bonds. The molecule has 1 aliphatic rings. The molecule has 0 aromatic rings. The average Bonchev–Trinajstić information content (AvgIpc) is 2.33. The maximum Gasteiger partial charge on any atom is 0.534 e. The van der Waals surface area contributed by atoms with Crippen LogP contribution in [0.3, 0.4) is 0 Å². The summed E-state index contributed by atoms with van der Waals surface area (Å²) in [7, 11) is -5.97. The lowest BCUT2D eigenvalue weighted by molar-refractivity contribution is -0.137. The van der Waals surface area contributed by atoms with E-state index in [-0.39, 0.29) is 0 Å². The Kier molecular flexibility index (Phi) is 2.63. The molecule has 0 saturated carbocycles. The highest BCUT2D eigenvalue weighted by molar-refractivity contribution is 7.87. The van der Waals surface area contributed by atoms with Crippen LogP contribution < -0.4 is 0 Å². The fourth-order valence-electron chi connectivity index (χ4n) is 0.612. The SMILES string of the molecule is O=C1OCC(OS(=O)(=O)C(F)(F)F)=C1F. The Labute approximate surface area is 80.4 Å². The minimum atomic E-state index is -5.97. The Morgan fingerprint density at radius 2 is 1.87 bits per heavy atom. The van der Waals surface area contributed by atoms with Gasteiger partial charge in [0, 0.05) is 0 Å². The fraction of sp³-hybridized carbons (Fsp3) is 0.400. The van der Waals surface area contributed by atoms with E-state index >= 15 is 0 Å². The number of halogens is 4. The highest BCUT2D eigenvalue weighted by Gasteiger charge is 2.50. The number of esters is 1. The van der Waals surface area contributed by atoms with Crippen molar-refractivity contribution in [2.24, 2.45) is 0 Å². The van der Waals surface area contributed by atoms with E-state index < -0.39 is 39.8 Å². The van der Waals surface area contributed by atoms with Gasteiger partial charge >= 0.3 is 21.6 Å². The number of rotatable bonds is 2. The van der Waals surface area contributed by atoms with Gasteiger partial charge in [-0.2, -0.15) is 26.0 Å². The smallest absolute Gasteiger partial charge is 0.452 e. The van der Waals surface area contributed by atoms with Crippen LogP contribution in [-0.4, -0.2) is 26.5 Å². The minimum Gasteiger partial charge on any atom is -0.452 e. The quantitative estimate of drug-likeness (QED) is 0.310. The van der Waals surface area contributed by atoms with Crippen molar-refractivity contribution < 1.29 is 39.7 Å². The first kappa shape index (κ1) is 11.8. The van der Waals surface area contributed by atoms with Crippen molar-refractivity contribution in [2.45, 2.75) is 5.51 Å². The van der Waals surface area contributed by atoms with E-state index in [2.05, 4.69) is 8.92 Å². The summed E-state index contributed by atoms with van der Waals surface area (Å²) in [6.07, 6.45) is 0. The molecule has 1 aliphatic heterocycles. The van der Waals surface area contributed by atoms with Gasteiger partial charge in [-0.1, -0.05) is 0 Å². The molecule has 15 heavy (non-hydrogen) atoms. The minimum absolute atomic E-state index is 0.986. The molecule has 0 aromatic carbocycles. The van der Waals surface area contributed by atoms with Gasteiger partial charge in [-0.15, -0.1) is 0 Å². The number of ether oxygens (including phenoxy) is 1. The van der Waals surface area contributed by atoms with Gasteiger partial charge in [-0.05, 0) is 0 Å². The van der Waals surface area contributed by atoms with Gasteiger partial charge in [0.1, 0.15) is 0 Å². The van der Waals surface area contributed by atoms with Crippen LogP contribution in [0.1, 0.15) is 0 Å². The second kappa shape index (κ2) is 3.36. The van der Waals surface area contributed by atoms with Gasteiger partial charge in [-0.3, -0.25) is 0 Å². The monoisotopic (exact) mass is 250 g/mol. The first-order chi connectivity index (χ1) is 6.65. The van der Waals surface area contributed by atoms with Crippen LogP contribution >= 0.6 is 0 Å². The van der Waals surface area contributed by atoms with Gasteiger partial charge < -0.3 is 8.92 Å². The number of carbonyl (C=O) groups excluding carboxylic acids is 1. The number of hydrogen-bond donors (Lipinski definition) is 0. The third-order valence-corrected chi connectivity index (χ3v) is 2.24. The molecule has 0 spiro atoms. The first-order valence-electron chi connectivity index (χ1n) is 3.21. The molecule has 0 unspecified atom stereocenters. The van der Waals surface area contributed by atoms with Gasteiger partial charge in [-0.25, -0.2) is 4.79 Å². The third kappa shape index (κ3) is 2.19. The van der Waals surface area contributed by atoms with E-state index in [1.165, 1.54) is 0 Å². The molecule has 1 rings (SSSR count). The molecular formula is C5H2F4O5S. The molecule has 0 fully saturated rings. The summed E-state index contributed by atoms with van der Waals surface area (Å²) in [5.41, 5.74) is -5.69. The van der Waals surface area contributed by atoms with E-state index in [0.29, 0.717) is 0 Å². The predicted molar refractivity (Wildman–Crippen MR) is 35.2 cm³/mol. The number of hydrogen-bond acceptors (Lipinski definition) is 5. The Morgan fingerprint density at radius 3 is 2.20 bits per heavy atom. The number of alkyl halides is 3. The lowest BCUT2D eigenvalue weighted by Gasteiger charge is -2.08. The molecule has 0 saturated heterocycles. The van der Waals surface area contributed by atoms with Gasteiger partial charge in [0.15, 0.2) is 6.61 Å². The standard InChI is InChI=1S/C5H2F4O5S/c6-3-2(1-13-4(3)10)14-15(11,12)5(7,8)9/h1H2. The summed E-state index contributed by atoms with van der Waals surface area (Å²) < 4.78 is 75.7. The molecule has 5 nitrogen and oxygen atoms in total. The van der Waals surface area contributed by atoms with Crippen LogP contribution in [0.25, 0.3) is 0 Å². The van der Waals surface area contributed by atoms with Crippen molar-refractivity contribution in [1.82, 2.24) is 0 Å². The second-order valence-corrected chi connectivity index (χ2v) is 3.83. The Balaban J connectivity index is 2.94. The van der Waals surface area contributed by atoms with Crippen molar-refractivity contribution in [1.29, 1.82) is 0 Å². The Bertz CT molecular complexity index is 419. The summed E-state index contributed by atoms with van der Waals surface area (Å²) >= 11 is 0. The normalized spacial score (nSPS) is 18.0. The summed E-state index contributed by atoms with van der Waals surface area (Å²) in [6, 6.07) is 0. The highest BCUT2D eigenvalue weighted by atomic mass is 32.2. The number of cyclic esters (lactones) is 1. The van der Waals surface area contributed by atoms with Crippen LogP contribution in [0.15, 0.2) is 11.6 Å². The van der Waals surface area contributed by atoms with Gasteiger partial charge in [0.2, 0.25) is 5.76 Å². The molecule has 0 aliphatic carbocycles. The van der Waals surface area contributed by atoms with Crippen molar-refractivity contribution >= 4 is 16.1 Å². The summed E-state index contributed by atoms with van der Waals surface area (Å²) in [5.74, 6) is -4.66. The summed E-state index contributed by atoms with van der Waals surface area (Å²) in [6.45, 7) is -0.986. The molecule has 0 atom stereocenters. The van der Waals surface area contributed by atoms with Gasteiger partial charge in [0.25, 0.3) is 5.83 Å². The van der Waals surface area contributed by atoms with Crippen LogP contribution in [-0.2, 0) is 23.8 Å². The van der Waals surface area contributed by atoms with Crippen LogP contribution in [0.5, 0.6) is 0 Å². The topological polar surface area (TPSA) is 69.7 Å². The largest absolute Gasteiger partial charge is 0.534 e. The zero-order chi connectivity index (χ0) is 11.9. The second-order valence-electron chi connectivity index (χ2n) is 2.30. The molecule has 0 aromatic heterocycles. The van der Waals surface area contributed by atoms with Crippen LogP contribution in [0, 0.1) is 0 Å². The lowest BCUT2D eigenvalue weighted by Crippen LogP contribution is -2.25. The zero-order valence-corrected chi connectivity index (χ0v) is 7.48. The van der Waals surface area contributed by atoms with E-state index in [4.69, 9.17) is 0 Å². The lowest BCUT2D eigenvalue weighted by atomic mass is 10.5. The van der Waals surface area contributed by atoms with Crippen LogP contribution in [0.2, 0.25) is 0 Å². The maximum absolute atomic E-state index is 12.5. The molecule has 0 N–H and O–H groups in total. The molecular weight excluding hydrogens is 248 g/mol. The Morgan fingerprint density at radius 1 is 1.33 bits per heavy atom. The molecule has 1 heterocycles. The van der Waals surface area contributed by atoms with E-state index in [0.717, 1.165) is 0 Å². The summed E-state index contributed by atoms with van der Waals surface area (Å²) in [5, 5.41) is 0. The average molecular weight is 250 g/mol. The highest BCUT2D eigenvalue weighted by Crippen LogP contribution is 2.29. The summed E-state index contributed by atoms with van der Waals surface area (Å²) in [4.78, 5) is 10.3. The van der Waals surface area contributed by atoms with E-state index in [9.17, 15) is 30.8 Å². The third-order valence-electron chi connectivity index (χ3n) is 1.25. The first-order valence-corrected chi connectivity index (χ1v) is 4.62. The molecule has 86 valence electrons. The van der Waals surface area contributed by atoms with Gasteiger partial charge in [0.05, 0.1) is 0 Å². The maximum atomic E-state index is 12.5. The van der Waals surface area contributed by atoms with Crippen molar-refractivity contribution in [2.75, 3.05) is 6.61 Å². The predicted octanol–water partition coefficient (Wildman–Crippen LogP) is 0.591. The zero-order valence-electron chi connectivity index (χ0n) is 6.67. The Hall–Kier alpha value is -1.32.